The van der Waals surface area contributed by atoms with Crippen molar-refractivity contribution in [3.05, 3.63) is 119 Å². The maximum atomic E-state index is 14.7. The maximum Gasteiger partial charge on any atom is 0.310 e. The van der Waals surface area contributed by atoms with Crippen LogP contribution < -0.4 is 35.2 Å². The molecule has 3 N–H and O–H groups in total. The van der Waals surface area contributed by atoms with Gasteiger partial charge in [0.2, 0.25) is 11.2 Å². The number of benzene rings is 4. The summed E-state index contributed by atoms with van der Waals surface area (Å²) < 4.78 is 49.2. The third-order valence-corrected chi connectivity index (χ3v) is 15.8. The Labute approximate surface area is 392 Å². The molecule has 6 fully saturated rings. The summed E-state index contributed by atoms with van der Waals surface area (Å²) in [4.78, 5) is 7.37. The first-order valence-electron chi connectivity index (χ1n) is 23.6. The molecule has 0 saturated carbocycles. The van der Waals surface area contributed by atoms with Gasteiger partial charge in [0.15, 0.2) is 6.61 Å². The summed E-state index contributed by atoms with van der Waals surface area (Å²) in [6, 6.07) is 29.5. The number of rotatable bonds is 12. The zero-order valence-corrected chi connectivity index (χ0v) is 38.7. The van der Waals surface area contributed by atoms with Gasteiger partial charge in [-0.25, -0.2) is 0 Å². The highest BCUT2D eigenvalue weighted by Gasteiger charge is 2.43. The normalized spacial score (nSPS) is 22.5. The van der Waals surface area contributed by atoms with Gasteiger partial charge in [-0.15, -0.1) is 11.3 Å². The Morgan fingerprint density at radius 3 is 2.25 bits per heavy atom. The molecular formula is C52H54F2N9O3S+. The van der Waals surface area contributed by atoms with Crippen molar-refractivity contribution in [2.75, 3.05) is 60.4 Å². The van der Waals surface area contributed by atoms with E-state index in [1.165, 1.54) is 21.5 Å². The lowest BCUT2D eigenvalue weighted by Crippen LogP contribution is -2.54. The Hall–Kier alpha value is -6.00. The fourth-order valence-corrected chi connectivity index (χ4v) is 12.0. The Bertz CT molecular complexity index is 3010. The number of anilines is 4. The van der Waals surface area contributed by atoms with Crippen LogP contribution in [0, 0.1) is 0 Å². The minimum Gasteiger partial charge on any atom is -0.486 e. The predicted molar refractivity (Wildman–Crippen MR) is 259 cm³/mol. The van der Waals surface area contributed by atoms with Gasteiger partial charge in [0.05, 0.1) is 83.6 Å². The Morgan fingerprint density at radius 1 is 0.806 bits per heavy atom. The molecule has 6 saturated heterocycles. The van der Waals surface area contributed by atoms with Crippen LogP contribution in [-0.2, 0) is 21.9 Å². The van der Waals surface area contributed by atoms with Crippen LogP contribution >= 0.6 is 11.3 Å². The van der Waals surface area contributed by atoms with E-state index in [1.807, 2.05) is 37.1 Å². The molecule has 6 atom stereocenters. The SMILES string of the molecule is CNCc1cc(-[n+]2ncc(N[C@H](C)c3cccc4c3OCC4(F)F)c3cc(N4CC5CCC4CO5)ccc32)ccc1-c1ccc([C@@H](C)Nc2cnnc3ccc(N4CC5CCC4CO5)cc23)s1. The van der Waals surface area contributed by atoms with Crippen LogP contribution in [0.15, 0.2) is 97.3 Å². The molecule has 0 aliphatic carbocycles. The van der Waals surface area contributed by atoms with E-state index in [4.69, 9.17) is 19.3 Å². The minimum atomic E-state index is -3.02. The van der Waals surface area contributed by atoms with E-state index < -0.39 is 12.5 Å². The van der Waals surface area contributed by atoms with Gasteiger partial charge < -0.3 is 40.0 Å². The highest BCUT2D eigenvalue weighted by Crippen LogP contribution is 2.46. The molecule has 4 aromatic carbocycles. The van der Waals surface area contributed by atoms with Crippen LogP contribution in [0.2, 0.25) is 0 Å². The molecule has 0 radical (unpaired) electrons. The number of hydrogen-bond donors (Lipinski definition) is 3. The van der Waals surface area contributed by atoms with E-state index in [0.717, 1.165) is 108 Å². The summed E-state index contributed by atoms with van der Waals surface area (Å²) in [5.74, 6) is -2.76. The number of morpholine rings is 2. The average molecular weight is 923 g/mol. The van der Waals surface area contributed by atoms with Gasteiger partial charge in [-0.1, -0.05) is 12.1 Å². The number of aromatic nitrogens is 4. The van der Waals surface area contributed by atoms with Crippen molar-refractivity contribution in [2.24, 2.45) is 0 Å². The fourth-order valence-electron chi connectivity index (χ4n) is 11.0. The van der Waals surface area contributed by atoms with Crippen LogP contribution in [0.3, 0.4) is 0 Å². The molecule has 4 bridgehead atoms. The Balaban J connectivity index is 0.848. The first kappa shape index (κ1) is 42.4. The molecule has 10 heterocycles. The van der Waals surface area contributed by atoms with Crippen LogP contribution in [0.1, 0.15) is 73.2 Å². The van der Waals surface area contributed by atoms with Gasteiger partial charge in [0.25, 0.3) is 0 Å². The van der Waals surface area contributed by atoms with E-state index in [-0.39, 0.29) is 29.5 Å². The molecule has 4 unspecified atom stereocenters. The number of ether oxygens (including phenoxy) is 3. The number of fused-ring (bicyclic) bond motifs is 9. The molecule has 67 heavy (non-hydrogen) atoms. The van der Waals surface area contributed by atoms with Crippen molar-refractivity contribution >= 4 is 55.9 Å². The van der Waals surface area contributed by atoms with Crippen LogP contribution in [0.4, 0.5) is 31.5 Å². The Morgan fingerprint density at radius 2 is 1.54 bits per heavy atom. The summed E-state index contributed by atoms with van der Waals surface area (Å²) >= 11 is 1.79. The van der Waals surface area contributed by atoms with Crippen LogP contribution in [-0.4, -0.2) is 79.5 Å². The molecule has 7 aliphatic heterocycles. The van der Waals surface area contributed by atoms with Gasteiger partial charge in [-0.3, -0.25) is 0 Å². The summed E-state index contributed by atoms with van der Waals surface area (Å²) in [7, 11) is 1.97. The number of alkyl halides is 2. The van der Waals surface area contributed by atoms with E-state index >= 15 is 0 Å². The standard InChI is InChI=1S/C52H53F2N9O3S/c1-30(40-5-4-6-44-51(40)66-29-52(44,53)54)58-47-24-57-63(48-16-11-34(21-43(47)48)62-26-39-13-8-37(62)28-65-39)35-9-14-41(32(19-35)22-55-3)50-18-17-49(67-50)31(2)59-46-23-56-60-45-15-10-33(20-42(45)46)61-25-38-12-7-36(61)27-64-38/h4-6,9-11,14-21,23-24,30-31,36-39,55H,7-8,12-13,22,25-29H2,1-3H3,(H,59,60)/p+1/t30-,31-,36?,37?,38?,39?/m1/s1. The first-order chi connectivity index (χ1) is 32.7. The third kappa shape index (κ3) is 7.69. The average Bonchev–Trinajstić information content (AvgIpc) is 3.99. The first-order valence-corrected chi connectivity index (χ1v) is 24.4. The van der Waals surface area contributed by atoms with E-state index in [9.17, 15) is 8.78 Å². The molecule has 14 rings (SSSR count). The van der Waals surface area contributed by atoms with Crippen LogP contribution in [0.5, 0.6) is 5.75 Å². The van der Waals surface area contributed by atoms with Crippen molar-refractivity contribution in [3.8, 4) is 21.9 Å². The number of halogens is 2. The smallest absolute Gasteiger partial charge is 0.310 e. The number of nitrogens with one attached hydrogen (secondary N) is 3. The molecule has 7 aliphatic rings. The van der Waals surface area contributed by atoms with E-state index in [1.54, 1.807) is 17.4 Å². The molecule has 0 amide bonds. The number of thiophene rings is 1. The number of nitrogens with zero attached hydrogens (tertiary/aromatic N) is 6. The maximum absolute atomic E-state index is 14.7. The summed E-state index contributed by atoms with van der Waals surface area (Å²) in [5.41, 5.74) is 9.76. The highest BCUT2D eigenvalue weighted by atomic mass is 32.1. The fraction of sp³-hybridized carbons (Fsp3) is 0.385. The predicted octanol–water partition coefficient (Wildman–Crippen LogP) is 9.47. The summed E-state index contributed by atoms with van der Waals surface area (Å²) in [6.45, 7) is 7.48. The minimum absolute atomic E-state index is 0.0241. The highest BCUT2D eigenvalue weighted by molar-refractivity contribution is 7.15. The van der Waals surface area contributed by atoms with Gasteiger partial charge in [-0.05, 0) is 117 Å². The lowest BCUT2D eigenvalue weighted by atomic mass is 9.96. The molecule has 12 nitrogen and oxygen atoms in total. The second-order valence-corrected chi connectivity index (χ2v) is 19.9. The van der Waals surface area contributed by atoms with Gasteiger partial charge in [0.1, 0.15) is 11.9 Å². The zero-order chi connectivity index (χ0) is 45.4. The second kappa shape index (κ2) is 17.0. The van der Waals surface area contributed by atoms with Crippen molar-refractivity contribution in [3.63, 3.8) is 0 Å². The number of hydrogen-bond acceptors (Lipinski definition) is 12. The van der Waals surface area contributed by atoms with Crippen molar-refractivity contribution in [1.29, 1.82) is 0 Å². The van der Waals surface area contributed by atoms with Crippen molar-refractivity contribution < 1.29 is 27.7 Å². The molecule has 3 aromatic heterocycles. The summed E-state index contributed by atoms with van der Waals surface area (Å²) in [5, 5.41) is 26.8. The molecular weight excluding hydrogens is 869 g/mol. The lowest BCUT2D eigenvalue weighted by Gasteiger charge is -2.46. The van der Waals surface area contributed by atoms with E-state index in [0.29, 0.717) is 30.3 Å². The largest absolute Gasteiger partial charge is 0.486 e. The molecule has 344 valence electrons. The van der Waals surface area contributed by atoms with Gasteiger partial charge in [0, 0.05) is 75.0 Å². The second-order valence-electron chi connectivity index (χ2n) is 18.8. The topological polar surface area (TPSA) is 113 Å². The number of para-hydroxylation sites is 1. The molecule has 15 heteroatoms. The van der Waals surface area contributed by atoms with Crippen molar-refractivity contribution in [1.82, 2.24) is 20.6 Å². The third-order valence-electron chi connectivity index (χ3n) is 14.5. The lowest BCUT2D eigenvalue weighted by molar-refractivity contribution is -0.633. The quantitative estimate of drug-likeness (QED) is 0.102. The molecule has 0 spiro atoms. The van der Waals surface area contributed by atoms with Gasteiger partial charge >= 0.3 is 5.92 Å². The van der Waals surface area contributed by atoms with Gasteiger partial charge in [-0.2, -0.15) is 19.0 Å². The Kier molecular flexibility index (Phi) is 10.7. The molecule has 7 aromatic rings. The van der Waals surface area contributed by atoms with E-state index in [2.05, 4.69) is 110 Å². The van der Waals surface area contributed by atoms with Crippen molar-refractivity contribution in [2.45, 2.75) is 88.4 Å². The van der Waals surface area contributed by atoms with Crippen LogP contribution in [0.25, 0.3) is 37.9 Å². The number of piperidine rings is 2. The zero-order valence-electron chi connectivity index (χ0n) is 37.8. The summed E-state index contributed by atoms with van der Waals surface area (Å²) in [6.07, 6.45) is 8.70. The monoisotopic (exact) mass is 922 g/mol.